The maximum absolute atomic E-state index is 5.75. The van der Waals surface area contributed by atoms with Crippen molar-refractivity contribution in [3.8, 4) is 0 Å². The minimum atomic E-state index is 0.727. The maximum atomic E-state index is 5.75. The van der Waals surface area contributed by atoms with E-state index in [1.807, 2.05) is 6.92 Å². The van der Waals surface area contributed by atoms with Gasteiger partial charge in [0.1, 0.15) is 17.3 Å². The number of imidazole rings is 1. The molecule has 0 unspecified atom stereocenters. The van der Waals surface area contributed by atoms with E-state index in [1.54, 1.807) is 0 Å². The monoisotopic (exact) mass is 313 g/mol. The molecule has 0 amide bonds. The highest BCUT2D eigenvalue weighted by Gasteiger charge is 2.30. The first-order valence-electron chi connectivity index (χ1n) is 8.99. The van der Waals surface area contributed by atoms with Gasteiger partial charge in [0.15, 0.2) is 0 Å². The van der Waals surface area contributed by atoms with E-state index in [-0.39, 0.29) is 0 Å². The highest BCUT2D eigenvalue weighted by atomic mass is 16.3. The fourth-order valence-electron chi connectivity index (χ4n) is 3.88. The molecule has 2 aromatic heterocycles. The van der Waals surface area contributed by atoms with Crippen LogP contribution in [-0.4, -0.2) is 27.5 Å². The van der Waals surface area contributed by atoms with E-state index in [9.17, 15) is 0 Å². The van der Waals surface area contributed by atoms with E-state index in [0.717, 1.165) is 36.4 Å². The van der Waals surface area contributed by atoms with Gasteiger partial charge in [-0.2, -0.15) is 0 Å². The highest BCUT2D eigenvalue weighted by Crippen LogP contribution is 2.40. The highest BCUT2D eigenvalue weighted by molar-refractivity contribution is 5.13. The summed E-state index contributed by atoms with van der Waals surface area (Å²) in [6.07, 6.45) is 7.32. The maximum Gasteiger partial charge on any atom is 0.118 e. The Morgan fingerprint density at radius 1 is 1.22 bits per heavy atom. The number of piperidine rings is 1. The topological polar surface area (TPSA) is 34.2 Å². The standard InChI is InChI=1S/C19H27N3O/c1-14-10-20-19(17-6-7-17)22(14)12-16-4-3-9-21(11-16)13-18-8-5-15(2)23-18/h5,8,10,16-17H,3-4,6-7,9,11-13H2,1-2H3/t16-/m0/s1. The molecule has 2 aliphatic rings. The van der Waals surface area contributed by atoms with Crippen LogP contribution in [0.15, 0.2) is 22.7 Å². The number of aryl methyl sites for hydroxylation is 2. The number of nitrogens with zero attached hydrogens (tertiary/aromatic N) is 3. The molecule has 4 nitrogen and oxygen atoms in total. The summed E-state index contributed by atoms with van der Waals surface area (Å²) in [6, 6.07) is 4.18. The molecule has 0 aromatic carbocycles. The minimum Gasteiger partial charge on any atom is -0.465 e. The van der Waals surface area contributed by atoms with E-state index in [2.05, 4.69) is 39.7 Å². The normalized spacial score (nSPS) is 22.6. The Bertz CT molecular complexity index is 668. The van der Waals surface area contributed by atoms with Gasteiger partial charge in [0, 0.05) is 30.9 Å². The first-order valence-corrected chi connectivity index (χ1v) is 8.99. The van der Waals surface area contributed by atoms with Crippen molar-refractivity contribution in [2.24, 2.45) is 5.92 Å². The SMILES string of the molecule is Cc1ccc(CN2CCC[C@H](Cn3c(C)cnc3C3CC3)C2)o1. The van der Waals surface area contributed by atoms with Crippen LogP contribution in [0.3, 0.4) is 0 Å². The predicted octanol–water partition coefficient (Wildman–Crippen LogP) is 3.88. The van der Waals surface area contributed by atoms with Crippen LogP contribution in [0.25, 0.3) is 0 Å². The van der Waals surface area contributed by atoms with Gasteiger partial charge in [0.25, 0.3) is 0 Å². The van der Waals surface area contributed by atoms with Crippen LogP contribution in [0.4, 0.5) is 0 Å². The van der Waals surface area contributed by atoms with Gasteiger partial charge >= 0.3 is 0 Å². The largest absolute Gasteiger partial charge is 0.465 e. The second kappa shape index (κ2) is 6.16. The van der Waals surface area contributed by atoms with Crippen molar-refractivity contribution in [1.29, 1.82) is 0 Å². The van der Waals surface area contributed by atoms with Crippen molar-refractivity contribution >= 4 is 0 Å². The molecule has 1 atom stereocenters. The molecule has 0 radical (unpaired) electrons. The van der Waals surface area contributed by atoms with Gasteiger partial charge in [-0.15, -0.1) is 0 Å². The van der Waals surface area contributed by atoms with Crippen molar-refractivity contribution in [1.82, 2.24) is 14.5 Å². The molecule has 0 N–H and O–H groups in total. The summed E-state index contributed by atoms with van der Waals surface area (Å²) in [6.45, 7) is 8.65. The first kappa shape index (κ1) is 15.0. The number of rotatable bonds is 5. The van der Waals surface area contributed by atoms with Gasteiger partial charge < -0.3 is 8.98 Å². The molecule has 3 heterocycles. The molecule has 2 fully saturated rings. The molecule has 0 spiro atoms. The van der Waals surface area contributed by atoms with E-state index >= 15 is 0 Å². The zero-order chi connectivity index (χ0) is 15.8. The Balaban J connectivity index is 1.40. The summed E-state index contributed by atoms with van der Waals surface area (Å²) in [4.78, 5) is 7.22. The Kier molecular flexibility index (Phi) is 4.02. The van der Waals surface area contributed by atoms with E-state index in [4.69, 9.17) is 4.42 Å². The van der Waals surface area contributed by atoms with Gasteiger partial charge in [0.2, 0.25) is 0 Å². The number of likely N-dealkylation sites (tertiary alicyclic amines) is 1. The summed E-state index contributed by atoms with van der Waals surface area (Å²) in [5.74, 6) is 4.90. The molecule has 2 aromatic rings. The zero-order valence-corrected chi connectivity index (χ0v) is 14.3. The Hall–Kier alpha value is -1.55. The lowest BCUT2D eigenvalue weighted by molar-refractivity contribution is 0.145. The van der Waals surface area contributed by atoms with Gasteiger partial charge in [-0.05, 0) is 64.1 Å². The molecule has 4 heteroatoms. The smallest absolute Gasteiger partial charge is 0.118 e. The molecular formula is C19H27N3O. The van der Waals surface area contributed by atoms with Gasteiger partial charge in [-0.25, -0.2) is 4.98 Å². The van der Waals surface area contributed by atoms with Crippen molar-refractivity contribution in [3.05, 3.63) is 41.4 Å². The predicted molar refractivity (Wildman–Crippen MR) is 90.4 cm³/mol. The summed E-state index contributed by atoms with van der Waals surface area (Å²) in [5, 5.41) is 0. The summed E-state index contributed by atoms with van der Waals surface area (Å²) >= 11 is 0. The van der Waals surface area contributed by atoms with Crippen LogP contribution >= 0.6 is 0 Å². The van der Waals surface area contributed by atoms with E-state index in [1.165, 1.54) is 50.3 Å². The lowest BCUT2D eigenvalue weighted by atomic mass is 9.97. The average Bonchev–Trinajstić information content (AvgIpc) is 3.21. The number of hydrogen-bond donors (Lipinski definition) is 0. The Labute approximate surface area is 138 Å². The lowest BCUT2D eigenvalue weighted by Crippen LogP contribution is -2.36. The molecule has 1 saturated heterocycles. The van der Waals surface area contributed by atoms with Gasteiger partial charge in [-0.1, -0.05) is 0 Å². The average molecular weight is 313 g/mol. The van der Waals surface area contributed by atoms with Crippen molar-refractivity contribution in [2.75, 3.05) is 13.1 Å². The van der Waals surface area contributed by atoms with Crippen LogP contribution in [0.5, 0.6) is 0 Å². The third-order valence-corrected chi connectivity index (χ3v) is 5.25. The number of furan rings is 1. The summed E-state index contributed by atoms with van der Waals surface area (Å²) in [7, 11) is 0. The van der Waals surface area contributed by atoms with Gasteiger partial charge in [0.05, 0.1) is 6.54 Å². The molecule has 4 rings (SSSR count). The minimum absolute atomic E-state index is 0.727. The van der Waals surface area contributed by atoms with Crippen LogP contribution < -0.4 is 0 Å². The molecular weight excluding hydrogens is 286 g/mol. The zero-order valence-electron chi connectivity index (χ0n) is 14.3. The summed E-state index contributed by atoms with van der Waals surface area (Å²) < 4.78 is 8.24. The van der Waals surface area contributed by atoms with Gasteiger partial charge in [-0.3, -0.25) is 4.90 Å². The third-order valence-electron chi connectivity index (χ3n) is 5.25. The van der Waals surface area contributed by atoms with Crippen LogP contribution in [0.1, 0.15) is 54.6 Å². The molecule has 23 heavy (non-hydrogen) atoms. The molecule has 124 valence electrons. The fourth-order valence-corrected chi connectivity index (χ4v) is 3.88. The van der Waals surface area contributed by atoms with Crippen molar-refractivity contribution in [3.63, 3.8) is 0 Å². The second-order valence-corrected chi connectivity index (χ2v) is 7.40. The van der Waals surface area contributed by atoms with Crippen molar-refractivity contribution in [2.45, 2.75) is 58.5 Å². The first-order chi connectivity index (χ1) is 11.2. The number of hydrogen-bond acceptors (Lipinski definition) is 3. The van der Waals surface area contributed by atoms with E-state index in [0.29, 0.717) is 0 Å². The van der Waals surface area contributed by atoms with Crippen LogP contribution in [0, 0.1) is 19.8 Å². The molecule has 0 bridgehead atoms. The number of aromatic nitrogens is 2. The quantitative estimate of drug-likeness (QED) is 0.840. The lowest BCUT2D eigenvalue weighted by Gasteiger charge is -2.32. The summed E-state index contributed by atoms with van der Waals surface area (Å²) in [5.41, 5.74) is 1.32. The Morgan fingerprint density at radius 3 is 2.83 bits per heavy atom. The van der Waals surface area contributed by atoms with Crippen LogP contribution in [-0.2, 0) is 13.1 Å². The molecule has 1 saturated carbocycles. The third kappa shape index (κ3) is 3.37. The fraction of sp³-hybridized carbons (Fsp3) is 0.632. The van der Waals surface area contributed by atoms with Crippen LogP contribution in [0.2, 0.25) is 0 Å². The van der Waals surface area contributed by atoms with Crippen molar-refractivity contribution < 1.29 is 4.42 Å². The molecule has 1 aliphatic carbocycles. The molecule has 1 aliphatic heterocycles. The van der Waals surface area contributed by atoms with E-state index < -0.39 is 0 Å². The Morgan fingerprint density at radius 2 is 2.09 bits per heavy atom. The second-order valence-electron chi connectivity index (χ2n) is 7.40.